The average Bonchev–Trinajstić information content (AvgIpc) is 3.33. The predicted octanol–water partition coefficient (Wildman–Crippen LogP) is 3.04. The molecular weight excluding hydrogens is 293 g/mol. The molecule has 1 fully saturated rings. The Morgan fingerprint density at radius 3 is 2.96 bits per heavy atom. The number of aliphatic imine (C=N–C) groups is 1. The SMILES string of the molecule is CCNC(=NCCCOCC1CC1)N(C)Cc1cccc(F)c1. The molecule has 1 aromatic carbocycles. The van der Waals surface area contributed by atoms with Gasteiger partial charge in [0.2, 0.25) is 0 Å². The first kappa shape index (κ1) is 17.7. The van der Waals surface area contributed by atoms with Crippen LogP contribution in [0.15, 0.2) is 29.3 Å². The largest absolute Gasteiger partial charge is 0.381 e. The molecule has 128 valence electrons. The number of guanidine groups is 1. The van der Waals surface area contributed by atoms with E-state index in [9.17, 15) is 4.39 Å². The average molecular weight is 321 g/mol. The summed E-state index contributed by atoms with van der Waals surface area (Å²) in [5.41, 5.74) is 0.936. The molecule has 1 aromatic rings. The number of halogens is 1. The number of nitrogens with one attached hydrogen (secondary N) is 1. The van der Waals surface area contributed by atoms with Crippen molar-refractivity contribution >= 4 is 5.96 Å². The Labute approximate surface area is 138 Å². The topological polar surface area (TPSA) is 36.9 Å². The predicted molar refractivity (Wildman–Crippen MR) is 92.0 cm³/mol. The van der Waals surface area contributed by atoms with Crippen molar-refractivity contribution in [2.45, 2.75) is 32.7 Å². The molecule has 1 N–H and O–H groups in total. The van der Waals surface area contributed by atoms with E-state index >= 15 is 0 Å². The van der Waals surface area contributed by atoms with Crippen LogP contribution < -0.4 is 5.32 Å². The number of ether oxygens (including phenoxy) is 1. The highest BCUT2D eigenvalue weighted by molar-refractivity contribution is 5.79. The molecular formula is C18H28FN3O. The zero-order valence-corrected chi connectivity index (χ0v) is 14.2. The van der Waals surface area contributed by atoms with Crippen LogP contribution in [0.3, 0.4) is 0 Å². The molecule has 5 heteroatoms. The summed E-state index contributed by atoms with van der Waals surface area (Å²) in [6, 6.07) is 6.69. The zero-order valence-electron chi connectivity index (χ0n) is 14.2. The summed E-state index contributed by atoms with van der Waals surface area (Å²) in [7, 11) is 1.97. The molecule has 0 aromatic heterocycles. The summed E-state index contributed by atoms with van der Waals surface area (Å²) in [6.45, 7) is 5.90. The van der Waals surface area contributed by atoms with Crippen LogP contribution in [0.25, 0.3) is 0 Å². The van der Waals surface area contributed by atoms with Gasteiger partial charge in [0.25, 0.3) is 0 Å². The van der Waals surface area contributed by atoms with E-state index in [-0.39, 0.29) is 5.82 Å². The molecule has 2 rings (SSSR count). The monoisotopic (exact) mass is 321 g/mol. The second-order valence-corrected chi connectivity index (χ2v) is 6.09. The number of benzene rings is 1. The molecule has 4 nitrogen and oxygen atoms in total. The normalized spacial score (nSPS) is 14.8. The minimum absolute atomic E-state index is 0.203. The highest BCUT2D eigenvalue weighted by Crippen LogP contribution is 2.28. The molecule has 1 saturated carbocycles. The van der Waals surface area contributed by atoms with Gasteiger partial charge in [-0.2, -0.15) is 0 Å². The molecule has 0 spiro atoms. The summed E-state index contributed by atoms with van der Waals surface area (Å²) < 4.78 is 18.9. The molecule has 1 aliphatic rings. The maximum atomic E-state index is 13.3. The minimum Gasteiger partial charge on any atom is -0.381 e. The third-order valence-electron chi connectivity index (χ3n) is 3.76. The summed E-state index contributed by atoms with van der Waals surface area (Å²) in [5, 5.41) is 3.28. The van der Waals surface area contributed by atoms with Crippen LogP contribution in [-0.4, -0.2) is 44.2 Å². The van der Waals surface area contributed by atoms with Crippen LogP contribution in [0, 0.1) is 11.7 Å². The van der Waals surface area contributed by atoms with Crippen molar-refractivity contribution in [3.63, 3.8) is 0 Å². The molecule has 0 bridgehead atoms. The lowest BCUT2D eigenvalue weighted by molar-refractivity contribution is 0.123. The van der Waals surface area contributed by atoms with Crippen molar-refractivity contribution < 1.29 is 9.13 Å². The third-order valence-corrected chi connectivity index (χ3v) is 3.76. The van der Waals surface area contributed by atoms with Crippen molar-refractivity contribution in [2.75, 3.05) is 33.4 Å². The molecule has 0 heterocycles. The summed E-state index contributed by atoms with van der Waals surface area (Å²) in [6.07, 6.45) is 3.58. The van der Waals surface area contributed by atoms with E-state index in [1.54, 1.807) is 12.1 Å². The van der Waals surface area contributed by atoms with E-state index in [1.807, 2.05) is 24.9 Å². The molecule has 0 aliphatic heterocycles. The van der Waals surface area contributed by atoms with Gasteiger partial charge in [-0.05, 0) is 49.8 Å². The van der Waals surface area contributed by atoms with Crippen molar-refractivity contribution in [1.29, 1.82) is 0 Å². The van der Waals surface area contributed by atoms with E-state index in [0.29, 0.717) is 6.54 Å². The second-order valence-electron chi connectivity index (χ2n) is 6.09. The van der Waals surface area contributed by atoms with Crippen molar-refractivity contribution in [3.05, 3.63) is 35.6 Å². The van der Waals surface area contributed by atoms with E-state index in [4.69, 9.17) is 4.74 Å². The van der Waals surface area contributed by atoms with Crippen LogP contribution >= 0.6 is 0 Å². The Hall–Kier alpha value is -1.62. The van der Waals surface area contributed by atoms with Gasteiger partial charge in [0.05, 0.1) is 0 Å². The summed E-state index contributed by atoms with van der Waals surface area (Å²) >= 11 is 0. The van der Waals surface area contributed by atoms with E-state index in [1.165, 1.54) is 18.9 Å². The lowest BCUT2D eigenvalue weighted by atomic mass is 10.2. The molecule has 0 unspecified atom stereocenters. The maximum absolute atomic E-state index is 13.3. The first-order chi connectivity index (χ1) is 11.2. The van der Waals surface area contributed by atoms with Gasteiger partial charge in [-0.1, -0.05) is 12.1 Å². The molecule has 1 aliphatic carbocycles. The van der Waals surface area contributed by atoms with Crippen molar-refractivity contribution in [3.8, 4) is 0 Å². The maximum Gasteiger partial charge on any atom is 0.193 e. The van der Waals surface area contributed by atoms with Crippen LogP contribution in [0.1, 0.15) is 31.7 Å². The van der Waals surface area contributed by atoms with E-state index < -0.39 is 0 Å². The molecule has 0 amide bonds. The smallest absolute Gasteiger partial charge is 0.193 e. The quantitative estimate of drug-likeness (QED) is 0.431. The Balaban J connectivity index is 1.76. The van der Waals surface area contributed by atoms with Gasteiger partial charge in [-0.15, -0.1) is 0 Å². The number of rotatable bonds is 9. The zero-order chi connectivity index (χ0) is 16.5. The third kappa shape index (κ3) is 6.99. The van der Waals surface area contributed by atoms with Gasteiger partial charge < -0.3 is 15.0 Å². The highest BCUT2D eigenvalue weighted by Gasteiger charge is 2.20. The van der Waals surface area contributed by atoms with Gasteiger partial charge in [0.1, 0.15) is 5.82 Å². The van der Waals surface area contributed by atoms with Gasteiger partial charge >= 0.3 is 0 Å². The molecule has 0 radical (unpaired) electrons. The Morgan fingerprint density at radius 2 is 2.26 bits per heavy atom. The first-order valence-electron chi connectivity index (χ1n) is 8.50. The summed E-state index contributed by atoms with van der Waals surface area (Å²) in [5.74, 6) is 1.46. The number of hydrogen-bond donors (Lipinski definition) is 1. The molecule has 0 atom stereocenters. The van der Waals surface area contributed by atoms with Gasteiger partial charge in [-0.3, -0.25) is 4.99 Å². The number of nitrogens with zero attached hydrogens (tertiary/aromatic N) is 2. The Morgan fingerprint density at radius 1 is 1.43 bits per heavy atom. The molecule has 0 saturated heterocycles. The minimum atomic E-state index is -0.203. The van der Waals surface area contributed by atoms with E-state index in [2.05, 4.69) is 10.3 Å². The molecule has 23 heavy (non-hydrogen) atoms. The van der Waals surface area contributed by atoms with Crippen LogP contribution in [0.4, 0.5) is 4.39 Å². The Kier molecular flexibility index (Phi) is 7.33. The van der Waals surface area contributed by atoms with Gasteiger partial charge in [-0.25, -0.2) is 4.39 Å². The van der Waals surface area contributed by atoms with Crippen LogP contribution in [-0.2, 0) is 11.3 Å². The lowest BCUT2D eigenvalue weighted by Crippen LogP contribution is -2.38. The van der Waals surface area contributed by atoms with E-state index in [0.717, 1.165) is 50.2 Å². The number of hydrogen-bond acceptors (Lipinski definition) is 2. The fraction of sp³-hybridized carbons (Fsp3) is 0.611. The standard InChI is InChI=1S/C18H28FN3O/c1-3-20-18(21-10-5-11-23-14-15-8-9-15)22(2)13-16-6-4-7-17(19)12-16/h4,6-7,12,15H,3,5,8-11,13-14H2,1-2H3,(H,20,21). The summed E-state index contributed by atoms with van der Waals surface area (Å²) in [4.78, 5) is 6.64. The Bertz CT molecular complexity index is 503. The van der Waals surface area contributed by atoms with Crippen molar-refractivity contribution in [1.82, 2.24) is 10.2 Å². The second kappa shape index (κ2) is 9.50. The fourth-order valence-electron chi connectivity index (χ4n) is 2.34. The van der Waals surface area contributed by atoms with Gasteiger partial charge in [0, 0.05) is 39.9 Å². The van der Waals surface area contributed by atoms with Gasteiger partial charge in [0.15, 0.2) is 5.96 Å². The van der Waals surface area contributed by atoms with Crippen LogP contribution in [0.2, 0.25) is 0 Å². The first-order valence-corrected chi connectivity index (χ1v) is 8.50. The van der Waals surface area contributed by atoms with Crippen LogP contribution in [0.5, 0.6) is 0 Å². The highest BCUT2D eigenvalue weighted by atomic mass is 19.1. The fourth-order valence-corrected chi connectivity index (χ4v) is 2.34. The lowest BCUT2D eigenvalue weighted by Gasteiger charge is -2.22. The van der Waals surface area contributed by atoms with Crippen molar-refractivity contribution in [2.24, 2.45) is 10.9 Å².